The second kappa shape index (κ2) is 6.39. The summed E-state index contributed by atoms with van der Waals surface area (Å²) in [5.74, 6) is 0. The summed E-state index contributed by atoms with van der Waals surface area (Å²) in [4.78, 5) is 5.62. The number of hydrogen-bond acceptors (Lipinski definition) is 5. The first kappa shape index (κ1) is 14.9. The Balaban J connectivity index is 2.08. The molecule has 110 valence electrons. The van der Waals surface area contributed by atoms with Crippen LogP contribution in [0.15, 0.2) is 69.7 Å². The van der Waals surface area contributed by atoms with Gasteiger partial charge in [0.1, 0.15) is 22.9 Å². The average Bonchev–Trinajstić information content (AvgIpc) is 2.58. The van der Waals surface area contributed by atoms with E-state index in [-0.39, 0.29) is 5.57 Å². The molecule has 0 aliphatic carbocycles. The quantitative estimate of drug-likeness (QED) is 0.784. The zero-order chi connectivity index (χ0) is 16.2. The molecule has 0 bridgehead atoms. The van der Waals surface area contributed by atoms with Gasteiger partial charge in [-0.05, 0) is 31.2 Å². The SMILES string of the molecule is Cc1ccc(SC2=Nc3ccccc3NC2=C(C#N)C#N)cc1. The molecule has 0 radical (unpaired) electrons. The van der Waals surface area contributed by atoms with Crippen molar-refractivity contribution in [3.8, 4) is 12.1 Å². The Hall–Kier alpha value is -3.02. The molecule has 3 rings (SSSR count). The van der Waals surface area contributed by atoms with Crippen LogP contribution in [0.25, 0.3) is 0 Å². The molecule has 0 atom stereocenters. The fourth-order valence-corrected chi connectivity index (χ4v) is 3.02. The minimum atomic E-state index is 0.0258. The third-order valence-corrected chi connectivity index (χ3v) is 4.31. The molecule has 0 spiro atoms. The first-order valence-electron chi connectivity index (χ1n) is 6.95. The minimum absolute atomic E-state index is 0.0258. The van der Waals surface area contributed by atoms with Crippen molar-refractivity contribution in [1.29, 1.82) is 10.5 Å². The van der Waals surface area contributed by atoms with Crippen LogP contribution in [0.5, 0.6) is 0 Å². The van der Waals surface area contributed by atoms with E-state index >= 15 is 0 Å². The predicted molar refractivity (Wildman–Crippen MR) is 92.4 cm³/mol. The van der Waals surface area contributed by atoms with Crippen molar-refractivity contribution in [2.24, 2.45) is 4.99 Å². The van der Waals surface area contributed by atoms with Gasteiger partial charge in [-0.3, -0.25) is 0 Å². The minimum Gasteiger partial charge on any atom is -0.350 e. The van der Waals surface area contributed by atoms with Crippen LogP contribution in [0.4, 0.5) is 11.4 Å². The Labute approximate surface area is 138 Å². The Morgan fingerprint density at radius 1 is 1.04 bits per heavy atom. The van der Waals surface area contributed by atoms with Gasteiger partial charge in [0.2, 0.25) is 0 Å². The molecule has 1 aliphatic rings. The van der Waals surface area contributed by atoms with Crippen LogP contribution in [0.3, 0.4) is 0 Å². The first-order chi connectivity index (χ1) is 11.2. The number of nitriles is 2. The monoisotopic (exact) mass is 316 g/mol. The topological polar surface area (TPSA) is 72.0 Å². The summed E-state index contributed by atoms with van der Waals surface area (Å²) in [6.07, 6.45) is 0. The van der Waals surface area contributed by atoms with Gasteiger partial charge in [0.25, 0.3) is 0 Å². The van der Waals surface area contributed by atoms with E-state index in [1.165, 1.54) is 17.3 Å². The van der Waals surface area contributed by atoms with Crippen molar-refractivity contribution >= 4 is 28.2 Å². The number of para-hydroxylation sites is 2. The molecule has 1 N–H and O–H groups in total. The van der Waals surface area contributed by atoms with Gasteiger partial charge in [-0.1, -0.05) is 41.6 Å². The lowest BCUT2D eigenvalue weighted by Crippen LogP contribution is -2.15. The van der Waals surface area contributed by atoms with Crippen LogP contribution in [-0.4, -0.2) is 5.04 Å². The van der Waals surface area contributed by atoms with Gasteiger partial charge >= 0.3 is 0 Å². The van der Waals surface area contributed by atoms with Crippen LogP contribution in [-0.2, 0) is 0 Å². The summed E-state index contributed by atoms with van der Waals surface area (Å²) in [5, 5.41) is 22.2. The number of benzene rings is 2. The van der Waals surface area contributed by atoms with E-state index < -0.39 is 0 Å². The van der Waals surface area contributed by atoms with Crippen LogP contribution >= 0.6 is 11.8 Å². The molecule has 2 aromatic rings. The lowest BCUT2D eigenvalue weighted by Gasteiger charge is -2.20. The Morgan fingerprint density at radius 3 is 2.43 bits per heavy atom. The smallest absolute Gasteiger partial charge is 0.155 e. The number of aliphatic imine (C=N–C) groups is 1. The summed E-state index contributed by atoms with van der Waals surface area (Å²) in [7, 11) is 0. The molecule has 2 aromatic carbocycles. The first-order valence-corrected chi connectivity index (χ1v) is 7.77. The Bertz CT molecular complexity index is 880. The summed E-state index contributed by atoms with van der Waals surface area (Å²) in [6.45, 7) is 2.03. The van der Waals surface area contributed by atoms with Crippen molar-refractivity contribution in [1.82, 2.24) is 0 Å². The number of hydrogen-bond donors (Lipinski definition) is 1. The van der Waals surface area contributed by atoms with E-state index in [4.69, 9.17) is 0 Å². The number of thioether (sulfide) groups is 1. The van der Waals surface area contributed by atoms with Gasteiger partial charge in [-0.25, -0.2) is 4.99 Å². The van der Waals surface area contributed by atoms with Gasteiger partial charge in [-0.2, -0.15) is 10.5 Å². The van der Waals surface area contributed by atoms with Crippen molar-refractivity contribution in [2.45, 2.75) is 11.8 Å². The third kappa shape index (κ3) is 3.11. The normalized spacial score (nSPS) is 12.3. The van der Waals surface area contributed by atoms with Crippen molar-refractivity contribution in [3.63, 3.8) is 0 Å². The molecule has 1 heterocycles. The van der Waals surface area contributed by atoms with Gasteiger partial charge < -0.3 is 5.32 Å². The molecule has 5 heteroatoms. The fraction of sp³-hybridized carbons (Fsp3) is 0.0556. The molecule has 0 amide bonds. The van der Waals surface area contributed by atoms with E-state index in [1.54, 1.807) is 0 Å². The zero-order valence-corrected chi connectivity index (χ0v) is 13.2. The summed E-state index contributed by atoms with van der Waals surface area (Å²) >= 11 is 1.43. The highest BCUT2D eigenvalue weighted by Crippen LogP contribution is 2.36. The largest absolute Gasteiger partial charge is 0.350 e. The highest BCUT2D eigenvalue weighted by atomic mass is 32.2. The number of nitrogens with one attached hydrogen (secondary N) is 1. The lowest BCUT2D eigenvalue weighted by molar-refractivity contribution is 1.36. The van der Waals surface area contributed by atoms with Gasteiger partial charge in [0.05, 0.1) is 11.4 Å². The Kier molecular flexibility index (Phi) is 4.14. The van der Waals surface area contributed by atoms with Gasteiger partial charge in [0, 0.05) is 4.90 Å². The van der Waals surface area contributed by atoms with Crippen molar-refractivity contribution in [2.75, 3.05) is 5.32 Å². The fourth-order valence-electron chi connectivity index (χ4n) is 2.13. The highest BCUT2D eigenvalue weighted by molar-refractivity contribution is 8.14. The second-order valence-corrected chi connectivity index (χ2v) is 6.01. The molecule has 1 aliphatic heterocycles. The third-order valence-electron chi connectivity index (χ3n) is 3.31. The molecule has 0 saturated carbocycles. The molecule has 0 saturated heterocycles. The number of anilines is 1. The van der Waals surface area contributed by atoms with Gasteiger partial charge in [0.15, 0.2) is 5.57 Å². The van der Waals surface area contributed by atoms with Crippen molar-refractivity contribution in [3.05, 3.63) is 65.4 Å². The number of allylic oxidation sites excluding steroid dienone is 1. The zero-order valence-electron chi connectivity index (χ0n) is 12.4. The maximum atomic E-state index is 9.21. The number of fused-ring (bicyclic) bond motifs is 1. The van der Waals surface area contributed by atoms with Crippen molar-refractivity contribution < 1.29 is 0 Å². The lowest BCUT2D eigenvalue weighted by atomic mass is 10.2. The van der Waals surface area contributed by atoms with Crippen LogP contribution in [0.2, 0.25) is 0 Å². The number of rotatable bonds is 1. The average molecular weight is 316 g/mol. The molecular formula is C18H12N4S. The van der Waals surface area contributed by atoms with E-state index in [0.717, 1.165) is 16.3 Å². The van der Waals surface area contributed by atoms with Crippen LogP contribution < -0.4 is 5.32 Å². The molecule has 23 heavy (non-hydrogen) atoms. The van der Waals surface area contributed by atoms with E-state index in [1.807, 2.05) is 67.6 Å². The van der Waals surface area contributed by atoms with E-state index in [2.05, 4.69) is 10.3 Å². The Morgan fingerprint density at radius 2 is 1.74 bits per heavy atom. The molecule has 0 unspecified atom stereocenters. The molecular weight excluding hydrogens is 304 g/mol. The molecule has 4 nitrogen and oxygen atoms in total. The maximum Gasteiger partial charge on any atom is 0.155 e. The predicted octanol–water partition coefficient (Wildman–Crippen LogP) is 4.54. The molecule has 0 fully saturated rings. The summed E-state index contributed by atoms with van der Waals surface area (Å²) in [5.41, 5.74) is 3.24. The standard InChI is InChI=1S/C18H12N4S/c1-12-6-8-14(9-7-12)23-18-17(13(10-19)11-20)21-15-4-2-3-5-16(15)22-18/h2-9,21H,1H3. The van der Waals surface area contributed by atoms with Crippen LogP contribution in [0, 0.1) is 29.6 Å². The second-order valence-electron chi connectivity index (χ2n) is 4.95. The maximum absolute atomic E-state index is 9.21. The number of nitrogens with zero attached hydrogens (tertiary/aromatic N) is 3. The summed E-state index contributed by atoms with van der Waals surface area (Å²) < 4.78 is 0. The van der Waals surface area contributed by atoms with E-state index in [0.29, 0.717) is 10.7 Å². The van der Waals surface area contributed by atoms with Gasteiger partial charge in [-0.15, -0.1) is 0 Å². The number of aryl methyl sites for hydroxylation is 1. The molecule has 0 aromatic heterocycles. The summed E-state index contributed by atoms with van der Waals surface area (Å²) in [6, 6.07) is 19.5. The highest BCUT2D eigenvalue weighted by Gasteiger charge is 2.21. The van der Waals surface area contributed by atoms with Crippen LogP contribution in [0.1, 0.15) is 5.56 Å². The van der Waals surface area contributed by atoms with E-state index in [9.17, 15) is 10.5 Å².